The smallest absolute Gasteiger partial charge is 0.870 e. The molecule has 2 heterocycles. The first kappa shape index (κ1) is 49.5. The molecule has 300 valence electrons. The summed E-state index contributed by atoms with van der Waals surface area (Å²) in [6.07, 6.45) is 7.39. The van der Waals surface area contributed by atoms with Gasteiger partial charge in [-0.1, -0.05) is 51.0 Å². The number of nitrogens with two attached hydrogens (primary N) is 2. The van der Waals surface area contributed by atoms with Crippen LogP contribution in [0.1, 0.15) is 104 Å². The second-order valence-electron chi connectivity index (χ2n) is 13.3. The van der Waals surface area contributed by atoms with Crippen molar-refractivity contribution in [3.8, 4) is 11.5 Å². The van der Waals surface area contributed by atoms with Crippen molar-refractivity contribution in [1.82, 2.24) is 19.9 Å². The quantitative estimate of drug-likeness (QED) is 0.0636. The molecule has 0 radical (unpaired) electrons. The molecule has 8 N–H and O–H groups in total. The van der Waals surface area contributed by atoms with Crippen molar-refractivity contribution in [3.63, 3.8) is 0 Å². The van der Waals surface area contributed by atoms with Gasteiger partial charge in [0.1, 0.15) is 28.9 Å². The number of anilines is 4. The van der Waals surface area contributed by atoms with Gasteiger partial charge < -0.3 is 47.0 Å². The van der Waals surface area contributed by atoms with E-state index in [0.717, 1.165) is 113 Å². The number of carboxylic acid groups (broad SMARTS) is 1. The Balaban J connectivity index is 0.000000541. The Bertz CT molecular complexity index is 1730. The number of benzene rings is 2. The molecule has 0 spiro atoms. The number of nitrogens with zero attached hydrogens (tertiary/aromatic N) is 4. The van der Waals surface area contributed by atoms with Crippen molar-refractivity contribution in [2.75, 3.05) is 49.4 Å². The molecule has 0 saturated heterocycles. The third-order valence-corrected chi connectivity index (χ3v) is 8.94. The fraction of sp³-hybridized carbons (Fsp3) is 0.463. The van der Waals surface area contributed by atoms with E-state index in [2.05, 4.69) is 56.5 Å². The summed E-state index contributed by atoms with van der Waals surface area (Å²) in [5, 5.41) is 15.6. The average Bonchev–Trinajstić information content (AvgIpc) is 3.13. The number of ether oxygens (including phenoxy) is 2. The van der Waals surface area contributed by atoms with Gasteiger partial charge in [0.15, 0.2) is 0 Å². The zero-order valence-electron chi connectivity index (χ0n) is 34.4. The summed E-state index contributed by atoms with van der Waals surface area (Å²) in [5.74, 6) is 3.00. The minimum absolute atomic E-state index is 0. The van der Waals surface area contributed by atoms with E-state index in [0.29, 0.717) is 25.7 Å². The summed E-state index contributed by atoms with van der Waals surface area (Å²) in [4.78, 5) is 39.4. The number of nitrogens with one attached hydrogen (secondary N) is 2. The number of aromatic nitrogens is 4. The number of methoxy groups -OCH3 is 2. The van der Waals surface area contributed by atoms with Crippen molar-refractivity contribution in [2.45, 2.75) is 98.8 Å². The van der Waals surface area contributed by atoms with E-state index in [4.69, 9.17) is 26.0 Å². The van der Waals surface area contributed by atoms with Gasteiger partial charge in [-0.2, -0.15) is 9.97 Å². The molecule has 4 rings (SSSR count). The molecular formula is C41H59N8NaO6. The zero-order chi connectivity index (χ0) is 39.6. The van der Waals surface area contributed by atoms with Crippen LogP contribution in [-0.2, 0) is 35.3 Å². The number of rotatable bonds is 20. The number of aryl methyl sites for hydroxylation is 4. The first-order chi connectivity index (χ1) is 25.9. The Morgan fingerprint density at radius 1 is 0.714 bits per heavy atom. The molecule has 0 fully saturated rings. The SMILES string of the molecule is CCCCNc1nc(N)nc(C)c1Cc1ccc(CCC(=O)O)cc1OC.CCCCNc1nc(N)nc(C)c1Cc1ccc(CCC(C)=O)cc1OC.[Na+].[OH-]. The van der Waals surface area contributed by atoms with E-state index in [1.165, 1.54) is 0 Å². The van der Waals surface area contributed by atoms with Gasteiger partial charge in [-0.3, -0.25) is 4.79 Å². The summed E-state index contributed by atoms with van der Waals surface area (Å²) < 4.78 is 11.1. The Morgan fingerprint density at radius 2 is 1.12 bits per heavy atom. The van der Waals surface area contributed by atoms with E-state index in [9.17, 15) is 9.59 Å². The van der Waals surface area contributed by atoms with Crippen molar-refractivity contribution in [1.29, 1.82) is 0 Å². The van der Waals surface area contributed by atoms with Gasteiger partial charge in [0.25, 0.3) is 0 Å². The number of Topliss-reactive ketones (excluding diaryl/α,β-unsaturated/α-hetero) is 1. The third-order valence-electron chi connectivity index (χ3n) is 8.94. The van der Waals surface area contributed by atoms with Gasteiger partial charge in [0, 0.05) is 61.3 Å². The molecule has 56 heavy (non-hydrogen) atoms. The fourth-order valence-corrected chi connectivity index (χ4v) is 5.85. The van der Waals surface area contributed by atoms with Crippen LogP contribution in [0.15, 0.2) is 36.4 Å². The predicted molar refractivity (Wildman–Crippen MR) is 218 cm³/mol. The van der Waals surface area contributed by atoms with E-state index < -0.39 is 5.97 Å². The number of carbonyl (C=O) groups is 2. The topological polar surface area (TPSA) is 230 Å². The molecular weight excluding hydrogens is 723 g/mol. The molecule has 0 saturated carbocycles. The zero-order valence-corrected chi connectivity index (χ0v) is 36.4. The van der Waals surface area contributed by atoms with Gasteiger partial charge in [-0.25, -0.2) is 9.97 Å². The van der Waals surface area contributed by atoms with E-state index in [1.54, 1.807) is 21.1 Å². The maximum atomic E-state index is 11.2. The number of nitrogen functional groups attached to an aromatic ring is 2. The maximum absolute atomic E-state index is 11.2. The Morgan fingerprint density at radius 3 is 1.48 bits per heavy atom. The van der Waals surface area contributed by atoms with Crippen LogP contribution in [0.3, 0.4) is 0 Å². The van der Waals surface area contributed by atoms with Crippen molar-refractivity contribution < 1.29 is 59.2 Å². The standard InChI is InChI=1S/C21H30N4O2.C20H28N4O3.Na.H2O/c1-5-6-11-23-20-18(15(3)24-21(22)25-20)13-17-10-9-16(8-7-14(2)26)12-19(17)27-4;1-4-5-10-22-19-16(13(2)23-20(21)24-19)12-15-8-6-14(7-9-18(25)26)11-17(15)27-3;;/h9-10,12H,5-8,11,13H2,1-4H3,(H3,22,23,24,25);6,8,11H,4-5,7,9-10,12H2,1-3H3,(H,25,26)(H3,21,22,23,24);;1H2/q;;+1;/p-1. The van der Waals surface area contributed by atoms with Gasteiger partial charge in [0.05, 0.1) is 14.2 Å². The molecule has 0 aliphatic heterocycles. The largest absolute Gasteiger partial charge is 1.00 e. The molecule has 0 amide bonds. The van der Waals surface area contributed by atoms with Gasteiger partial charge in [0.2, 0.25) is 11.9 Å². The first-order valence-electron chi connectivity index (χ1n) is 18.6. The molecule has 4 aromatic rings. The minimum Gasteiger partial charge on any atom is -0.870 e. The number of ketones is 1. The molecule has 0 bridgehead atoms. The number of hydrogen-bond donors (Lipinski definition) is 5. The minimum atomic E-state index is -0.810. The first-order valence-corrected chi connectivity index (χ1v) is 18.6. The molecule has 0 aliphatic rings. The number of aliphatic carboxylic acids is 1. The average molecular weight is 783 g/mol. The fourth-order valence-electron chi connectivity index (χ4n) is 5.85. The van der Waals surface area contributed by atoms with Crippen LogP contribution < -0.4 is 61.1 Å². The van der Waals surface area contributed by atoms with Gasteiger partial charge in [-0.15, -0.1) is 0 Å². The molecule has 2 aromatic carbocycles. The number of hydrogen-bond acceptors (Lipinski definition) is 13. The third kappa shape index (κ3) is 15.9. The van der Waals surface area contributed by atoms with Crippen LogP contribution in [0.2, 0.25) is 0 Å². The second kappa shape index (κ2) is 25.6. The van der Waals surface area contributed by atoms with Crippen LogP contribution in [0.5, 0.6) is 11.5 Å². The number of carboxylic acids is 1. The molecule has 2 aromatic heterocycles. The molecule has 0 aliphatic carbocycles. The number of unbranched alkanes of at least 4 members (excludes halogenated alkanes) is 2. The van der Waals surface area contributed by atoms with Crippen LogP contribution in [0, 0.1) is 13.8 Å². The Labute approximate surface area is 353 Å². The van der Waals surface area contributed by atoms with Crippen LogP contribution in [-0.4, -0.2) is 69.6 Å². The van der Waals surface area contributed by atoms with Crippen molar-refractivity contribution in [2.24, 2.45) is 0 Å². The second-order valence-corrected chi connectivity index (χ2v) is 13.3. The molecule has 0 atom stereocenters. The van der Waals surface area contributed by atoms with Crippen LogP contribution in [0.4, 0.5) is 23.5 Å². The van der Waals surface area contributed by atoms with Crippen molar-refractivity contribution >= 4 is 35.3 Å². The summed E-state index contributed by atoms with van der Waals surface area (Å²) >= 11 is 0. The molecule has 0 unspecified atom stereocenters. The van der Waals surface area contributed by atoms with E-state index in [1.807, 2.05) is 38.1 Å². The van der Waals surface area contributed by atoms with Gasteiger partial charge >= 0.3 is 35.5 Å². The van der Waals surface area contributed by atoms with Gasteiger partial charge in [-0.05, 0) is 80.8 Å². The monoisotopic (exact) mass is 782 g/mol. The Kier molecular flexibility index (Phi) is 22.7. The summed E-state index contributed by atoms with van der Waals surface area (Å²) in [7, 11) is 3.28. The normalized spacial score (nSPS) is 10.3. The van der Waals surface area contributed by atoms with E-state index in [-0.39, 0.29) is 59.1 Å². The summed E-state index contributed by atoms with van der Waals surface area (Å²) in [5.41, 5.74) is 19.4. The van der Waals surface area contributed by atoms with Crippen molar-refractivity contribution in [3.05, 3.63) is 81.2 Å². The Hall–Kier alpha value is -4.50. The maximum Gasteiger partial charge on any atom is 1.00 e. The number of carbonyl (C=O) groups excluding carboxylic acids is 1. The van der Waals surface area contributed by atoms with Crippen LogP contribution >= 0.6 is 0 Å². The summed E-state index contributed by atoms with van der Waals surface area (Å²) in [6.45, 7) is 11.4. The predicted octanol–water partition coefficient (Wildman–Crippen LogP) is 3.72. The summed E-state index contributed by atoms with van der Waals surface area (Å²) in [6, 6.07) is 11.9. The molecule has 15 heteroatoms. The van der Waals surface area contributed by atoms with Crippen LogP contribution in [0.25, 0.3) is 0 Å². The molecule has 14 nitrogen and oxygen atoms in total. The van der Waals surface area contributed by atoms with E-state index >= 15 is 0 Å².